The molecule has 2 aromatic heterocycles. The zero-order chi connectivity index (χ0) is 7.84. The highest BCUT2D eigenvalue weighted by Gasteiger charge is 2.01. The van der Waals surface area contributed by atoms with E-state index in [1.54, 1.807) is 16.9 Å². The Hall–Kier alpha value is -1.65. The summed E-state index contributed by atoms with van der Waals surface area (Å²) in [6.45, 7) is 1.86. The van der Waals surface area contributed by atoms with Gasteiger partial charge in [-0.05, 0) is 6.92 Å². The topological polar surface area (TPSA) is 69.1 Å². The molecule has 0 spiro atoms. The molecule has 0 atom stereocenters. The Morgan fingerprint density at radius 1 is 1.55 bits per heavy atom. The number of nitrogen functional groups attached to an aromatic ring is 1. The summed E-state index contributed by atoms with van der Waals surface area (Å²) in [5, 5.41) is 3.92. The normalized spacial score (nSPS) is 10.6. The predicted octanol–water partition coefficient (Wildman–Crippen LogP) is 0.0149. The maximum absolute atomic E-state index is 5.39. The van der Waals surface area contributed by atoms with Gasteiger partial charge in [-0.25, -0.2) is 4.52 Å². The second-order valence-electron chi connectivity index (χ2n) is 2.25. The third-order valence-electron chi connectivity index (χ3n) is 1.45. The van der Waals surface area contributed by atoms with Gasteiger partial charge < -0.3 is 5.73 Å². The van der Waals surface area contributed by atoms with E-state index in [-0.39, 0.29) is 5.95 Å². The first-order chi connectivity index (χ1) is 5.27. The van der Waals surface area contributed by atoms with E-state index in [0.29, 0.717) is 5.65 Å². The second-order valence-corrected chi connectivity index (χ2v) is 2.25. The fourth-order valence-corrected chi connectivity index (χ4v) is 0.956. The van der Waals surface area contributed by atoms with Gasteiger partial charge in [-0.1, -0.05) is 0 Å². The van der Waals surface area contributed by atoms with Crippen LogP contribution in [0.1, 0.15) is 5.69 Å². The van der Waals surface area contributed by atoms with Gasteiger partial charge in [-0.3, -0.25) is 4.98 Å². The van der Waals surface area contributed by atoms with Crippen molar-refractivity contribution in [3.05, 3.63) is 18.1 Å². The van der Waals surface area contributed by atoms with E-state index in [1.807, 2.05) is 6.92 Å². The molecule has 5 heteroatoms. The van der Waals surface area contributed by atoms with Crippen LogP contribution in [0.15, 0.2) is 12.4 Å². The number of fused-ring (bicyclic) bond motifs is 1. The Labute approximate surface area is 62.9 Å². The third-order valence-corrected chi connectivity index (χ3v) is 1.45. The van der Waals surface area contributed by atoms with Crippen LogP contribution in [-0.2, 0) is 0 Å². The fraction of sp³-hybridized carbons (Fsp3) is 0.167. The maximum Gasteiger partial charge on any atom is 0.240 e. The second kappa shape index (κ2) is 1.91. The minimum absolute atomic E-state index is 0.279. The molecule has 2 N–H and O–H groups in total. The number of aromatic nitrogens is 4. The van der Waals surface area contributed by atoms with Gasteiger partial charge in [0.15, 0.2) is 5.65 Å². The van der Waals surface area contributed by atoms with Gasteiger partial charge >= 0.3 is 0 Å². The van der Waals surface area contributed by atoms with Crippen molar-refractivity contribution in [2.24, 2.45) is 0 Å². The molecule has 0 aliphatic heterocycles. The van der Waals surface area contributed by atoms with Crippen molar-refractivity contribution in [3.63, 3.8) is 0 Å². The van der Waals surface area contributed by atoms with Crippen LogP contribution in [0.4, 0.5) is 5.95 Å². The maximum atomic E-state index is 5.39. The summed E-state index contributed by atoms with van der Waals surface area (Å²) in [4.78, 5) is 8.02. The highest BCUT2D eigenvalue weighted by atomic mass is 15.3. The van der Waals surface area contributed by atoms with Crippen molar-refractivity contribution in [1.82, 2.24) is 19.6 Å². The van der Waals surface area contributed by atoms with Crippen LogP contribution < -0.4 is 5.73 Å². The zero-order valence-corrected chi connectivity index (χ0v) is 6.02. The molecule has 2 heterocycles. The van der Waals surface area contributed by atoms with Crippen molar-refractivity contribution in [2.75, 3.05) is 5.73 Å². The average Bonchev–Trinajstić information content (AvgIpc) is 2.31. The summed E-state index contributed by atoms with van der Waals surface area (Å²) >= 11 is 0. The van der Waals surface area contributed by atoms with Crippen molar-refractivity contribution in [1.29, 1.82) is 0 Å². The van der Waals surface area contributed by atoms with E-state index in [9.17, 15) is 0 Å². The Morgan fingerprint density at radius 3 is 3.09 bits per heavy atom. The van der Waals surface area contributed by atoms with Crippen LogP contribution in [0.25, 0.3) is 5.65 Å². The number of anilines is 1. The molecule has 5 nitrogen and oxygen atoms in total. The quantitative estimate of drug-likeness (QED) is 0.573. The summed E-state index contributed by atoms with van der Waals surface area (Å²) in [5.41, 5.74) is 6.93. The molecule has 2 rings (SSSR count). The lowest BCUT2D eigenvalue weighted by Gasteiger charge is -1.91. The fourth-order valence-electron chi connectivity index (χ4n) is 0.956. The Bertz CT molecular complexity index is 391. The predicted molar refractivity (Wildman–Crippen MR) is 39.9 cm³/mol. The molecule has 2 aromatic rings. The molecule has 0 saturated carbocycles. The molecule has 0 bridgehead atoms. The molecule has 11 heavy (non-hydrogen) atoms. The SMILES string of the molecule is Cc1nccn2nc(N)nc12. The summed E-state index contributed by atoms with van der Waals surface area (Å²) in [5.74, 6) is 0.279. The molecular formula is C6H7N5. The number of aryl methyl sites for hydroxylation is 1. The molecule has 0 radical (unpaired) electrons. The van der Waals surface area contributed by atoms with E-state index in [2.05, 4.69) is 15.1 Å². The van der Waals surface area contributed by atoms with Gasteiger partial charge in [0.2, 0.25) is 5.95 Å². The lowest BCUT2D eigenvalue weighted by molar-refractivity contribution is 0.939. The minimum atomic E-state index is 0.279. The number of hydrogen-bond donors (Lipinski definition) is 1. The van der Waals surface area contributed by atoms with Crippen LogP contribution in [0.5, 0.6) is 0 Å². The van der Waals surface area contributed by atoms with Crippen molar-refractivity contribution in [3.8, 4) is 0 Å². The largest absolute Gasteiger partial charge is 0.366 e. The first kappa shape index (κ1) is 6.09. The summed E-state index contributed by atoms with van der Waals surface area (Å²) in [6, 6.07) is 0. The Balaban J connectivity index is 2.90. The van der Waals surface area contributed by atoms with Gasteiger partial charge in [-0.15, -0.1) is 5.10 Å². The average molecular weight is 149 g/mol. The van der Waals surface area contributed by atoms with Gasteiger partial charge in [0.25, 0.3) is 0 Å². The molecule has 0 unspecified atom stereocenters. The smallest absolute Gasteiger partial charge is 0.240 e. The van der Waals surface area contributed by atoms with Gasteiger partial charge in [0.1, 0.15) is 0 Å². The van der Waals surface area contributed by atoms with Crippen LogP contribution in [0.2, 0.25) is 0 Å². The van der Waals surface area contributed by atoms with Crippen molar-refractivity contribution >= 4 is 11.6 Å². The number of hydrogen-bond acceptors (Lipinski definition) is 4. The first-order valence-corrected chi connectivity index (χ1v) is 3.21. The molecular weight excluding hydrogens is 142 g/mol. The number of nitrogens with zero attached hydrogens (tertiary/aromatic N) is 4. The molecule has 56 valence electrons. The van der Waals surface area contributed by atoms with E-state index in [0.717, 1.165) is 5.69 Å². The lowest BCUT2D eigenvalue weighted by Crippen LogP contribution is -1.91. The van der Waals surface area contributed by atoms with E-state index in [1.165, 1.54) is 0 Å². The Kier molecular flexibility index (Phi) is 1.06. The molecule has 0 aliphatic carbocycles. The van der Waals surface area contributed by atoms with Gasteiger partial charge in [0, 0.05) is 12.4 Å². The van der Waals surface area contributed by atoms with Crippen molar-refractivity contribution < 1.29 is 0 Å². The molecule has 0 aromatic carbocycles. The van der Waals surface area contributed by atoms with Gasteiger partial charge in [-0.2, -0.15) is 4.98 Å². The van der Waals surface area contributed by atoms with E-state index >= 15 is 0 Å². The number of rotatable bonds is 0. The standard InChI is InChI=1S/C6H7N5/c1-4-5-9-6(7)10-11(5)3-2-8-4/h2-3H,1H3,(H2,7,10). The van der Waals surface area contributed by atoms with Crippen molar-refractivity contribution in [2.45, 2.75) is 6.92 Å². The van der Waals surface area contributed by atoms with E-state index < -0.39 is 0 Å². The highest BCUT2D eigenvalue weighted by molar-refractivity contribution is 5.44. The molecule has 0 amide bonds. The van der Waals surface area contributed by atoms with Crippen LogP contribution >= 0.6 is 0 Å². The zero-order valence-electron chi connectivity index (χ0n) is 6.02. The monoisotopic (exact) mass is 149 g/mol. The molecule has 0 aliphatic rings. The molecule has 0 saturated heterocycles. The minimum Gasteiger partial charge on any atom is -0.366 e. The van der Waals surface area contributed by atoms with Crippen LogP contribution in [0.3, 0.4) is 0 Å². The summed E-state index contributed by atoms with van der Waals surface area (Å²) in [7, 11) is 0. The van der Waals surface area contributed by atoms with E-state index in [4.69, 9.17) is 5.73 Å². The van der Waals surface area contributed by atoms with Gasteiger partial charge in [0.05, 0.1) is 5.69 Å². The summed E-state index contributed by atoms with van der Waals surface area (Å²) in [6.07, 6.45) is 3.38. The third kappa shape index (κ3) is 0.813. The lowest BCUT2D eigenvalue weighted by atomic mass is 10.5. The van der Waals surface area contributed by atoms with Crippen LogP contribution in [-0.4, -0.2) is 19.6 Å². The first-order valence-electron chi connectivity index (χ1n) is 3.21. The molecule has 0 fully saturated rings. The van der Waals surface area contributed by atoms with Crippen LogP contribution in [0, 0.1) is 6.92 Å². The highest BCUT2D eigenvalue weighted by Crippen LogP contribution is 2.03. The number of nitrogens with two attached hydrogens (primary N) is 1. The Morgan fingerprint density at radius 2 is 2.36 bits per heavy atom. The summed E-state index contributed by atoms with van der Waals surface area (Å²) < 4.78 is 1.61.